The van der Waals surface area contributed by atoms with Crippen LogP contribution in [-0.4, -0.2) is 79.3 Å². The van der Waals surface area contributed by atoms with Crippen molar-refractivity contribution in [2.75, 3.05) is 48.0 Å². The molecule has 0 aromatic carbocycles. The van der Waals surface area contributed by atoms with Gasteiger partial charge in [-0.05, 0) is 14.1 Å². The summed E-state index contributed by atoms with van der Waals surface area (Å²) < 4.78 is 4.95. The SMILES string of the molecule is CN(C)OC(N(C)C)C(CO)(CO)COP(N)O. The summed E-state index contributed by atoms with van der Waals surface area (Å²) in [7, 11) is 4.83. The molecule has 0 saturated carbocycles. The van der Waals surface area contributed by atoms with Gasteiger partial charge in [-0.3, -0.25) is 15.2 Å². The van der Waals surface area contributed by atoms with Crippen LogP contribution in [0.4, 0.5) is 0 Å². The van der Waals surface area contributed by atoms with E-state index in [2.05, 4.69) is 0 Å². The summed E-state index contributed by atoms with van der Waals surface area (Å²) in [5, 5.41) is 20.5. The van der Waals surface area contributed by atoms with Crippen LogP contribution in [0.3, 0.4) is 0 Å². The molecule has 18 heavy (non-hydrogen) atoms. The van der Waals surface area contributed by atoms with Crippen molar-refractivity contribution in [1.29, 1.82) is 0 Å². The first-order valence-corrected chi connectivity index (χ1v) is 6.66. The van der Waals surface area contributed by atoms with E-state index in [4.69, 9.17) is 19.8 Å². The molecule has 0 aliphatic carbocycles. The molecular formula is C9H24N3O5P. The number of nitrogens with zero attached hydrogens (tertiary/aromatic N) is 2. The largest absolute Gasteiger partial charge is 0.395 e. The Labute approximate surface area is 109 Å². The van der Waals surface area contributed by atoms with Gasteiger partial charge < -0.3 is 19.6 Å². The van der Waals surface area contributed by atoms with E-state index in [-0.39, 0.29) is 19.8 Å². The number of hydrogen-bond donors (Lipinski definition) is 4. The van der Waals surface area contributed by atoms with Gasteiger partial charge in [-0.2, -0.15) is 5.06 Å². The van der Waals surface area contributed by atoms with Crippen molar-refractivity contribution in [1.82, 2.24) is 9.96 Å². The number of nitrogens with two attached hydrogens (primary N) is 1. The molecule has 0 bridgehead atoms. The minimum Gasteiger partial charge on any atom is -0.395 e. The Bertz CT molecular complexity index is 226. The minimum atomic E-state index is -2.05. The van der Waals surface area contributed by atoms with Gasteiger partial charge in [-0.15, -0.1) is 0 Å². The molecule has 5 N–H and O–H groups in total. The second-order valence-electron chi connectivity index (χ2n) is 4.49. The molecule has 0 heterocycles. The van der Waals surface area contributed by atoms with Crippen molar-refractivity contribution in [2.45, 2.75) is 6.23 Å². The molecule has 0 fully saturated rings. The molecule has 0 rings (SSSR count). The number of hydrogen-bond acceptors (Lipinski definition) is 8. The Morgan fingerprint density at radius 3 is 2.00 bits per heavy atom. The van der Waals surface area contributed by atoms with Gasteiger partial charge in [-0.1, -0.05) is 0 Å². The zero-order chi connectivity index (χ0) is 14.3. The summed E-state index contributed by atoms with van der Waals surface area (Å²) in [4.78, 5) is 16.2. The van der Waals surface area contributed by atoms with Gasteiger partial charge in [0.05, 0.1) is 25.2 Å². The van der Waals surface area contributed by atoms with Crippen molar-refractivity contribution in [3.05, 3.63) is 0 Å². The quantitative estimate of drug-likeness (QED) is 0.231. The number of rotatable bonds is 9. The smallest absolute Gasteiger partial charge is 0.250 e. The first-order chi connectivity index (χ1) is 8.29. The lowest BCUT2D eigenvalue weighted by molar-refractivity contribution is -0.264. The lowest BCUT2D eigenvalue weighted by Gasteiger charge is -2.41. The third-order valence-electron chi connectivity index (χ3n) is 2.42. The predicted molar refractivity (Wildman–Crippen MR) is 68.1 cm³/mol. The van der Waals surface area contributed by atoms with Gasteiger partial charge in [0.2, 0.25) is 8.53 Å². The first kappa shape index (κ1) is 18.1. The monoisotopic (exact) mass is 285 g/mol. The topological polar surface area (TPSA) is 112 Å². The molecule has 8 nitrogen and oxygen atoms in total. The number of aliphatic hydroxyl groups excluding tert-OH is 2. The molecule has 110 valence electrons. The van der Waals surface area contributed by atoms with Crippen molar-refractivity contribution in [2.24, 2.45) is 10.9 Å². The Balaban J connectivity index is 4.97. The maximum absolute atomic E-state index is 9.54. The molecule has 2 atom stereocenters. The standard InChI is InChI=1S/C9H24N3O5P/c1-11(2)8(17-12(3)4)9(5-13,6-14)7-16-18(10)15/h8,13-15H,5-7,10H2,1-4H3. The van der Waals surface area contributed by atoms with Crippen LogP contribution in [0.25, 0.3) is 0 Å². The summed E-state index contributed by atoms with van der Waals surface area (Å²) in [5.41, 5.74) is 4.07. The number of aliphatic hydroxyl groups is 2. The van der Waals surface area contributed by atoms with E-state index >= 15 is 0 Å². The summed E-state index contributed by atoms with van der Waals surface area (Å²) in [6.45, 7) is -0.859. The normalized spacial score (nSPS) is 16.3. The lowest BCUT2D eigenvalue weighted by atomic mass is 9.88. The fraction of sp³-hybridized carbons (Fsp3) is 1.00. The highest BCUT2D eigenvalue weighted by atomic mass is 31.2. The Kier molecular flexibility index (Phi) is 8.37. The summed E-state index contributed by atoms with van der Waals surface area (Å²) >= 11 is 0. The van der Waals surface area contributed by atoms with Crippen LogP contribution in [-0.2, 0) is 9.36 Å². The Hall–Kier alpha value is 0.110. The van der Waals surface area contributed by atoms with Crippen LogP contribution in [0.2, 0.25) is 0 Å². The van der Waals surface area contributed by atoms with Crippen molar-refractivity contribution in [3.8, 4) is 0 Å². The van der Waals surface area contributed by atoms with E-state index in [1.807, 2.05) is 0 Å². The van der Waals surface area contributed by atoms with Crippen LogP contribution in [0.1, 0.15) is 0 Å². The highest BCUT2D eigenvalue weighted by Gasteiger charge is 2.42. The molecule has 0 aromatic rings. The maximum atomic E-state index is 9.54. The molecular weight excluding hydrogens is 261 g/mol. The fourth-order valence-corrected chi connectivity index (χ4v) is 1.91. The highest BCUT2D eigenvalue weighted by molar-refractivity contribution is 7.43. The predicted octanol–water partition coefficient (Wildman–Crippen LogP) is -1.47. The molecule has 0 spiro atoms. The second kappa shape index (κ2) is 8.31. The maximum Gasteiger partial charge on any atom is 0.250 e. The van der Waals surface area contributed by atoms with Crippen LogP contribution in [0.5, 0.6) is 0 Å². The molecule has 2 unspecified atom stereocenters. The molecule has 0 radical (unpaired) electrons. The summed E-state index contributed by atoms with van der Waals surface area (Å²) in [5.74, 6) is 0. The van der Waals surface area contributed by atoms with Gasteiger partial charge >= 0.3 is 0 Å². The average Bonchev–Trinajstić information content (AvgIpc) is 2.28. The zero-order valence-corrected chi connectivity index (χ0v) is 12.2. The van der Waals surface area contributed by atoms with Gasteiger partial charge in [-0.25, -0.2) is 0 Å². The summed E-state index contributed by atoms with van der Waals surface area (Å²) in [6, 6.07) is 0. The van der Waals surface area contributed by atoms with E-state index < -0.39 is 20.2 Å². The van der Waals surface area contributed by atoms with E-state index in [0.29, 0.717) is 0 Å². The first-order valence-electron chi connectivity index (χ1n) is 5.38. The second-order valence-corrected chi connectivity index (χ2v) is 5.35. The van der Waals surface area contributed by atoms with E-state index in [9.17, 15) is 10.2 Å². The van der Waals surface area contributed by atoms with E-state index in [1.165, 1.54) is 5.06 Å². The van der Waals surface area contributed by atoms with Crippen LogP contribution in [0.15, 0.2) is 0 Å². The molecule has 9 heteroatoms. The zero-order valence-electron chi connectivity index (χ0n) is 11.3. The Morgan fingerprint density at radius 1 is 1.22 bits per heavy atom. The third-order valence-corrected chi connectivity index (χ3v) is 2.81. The van der Waals surface area contributed by atoms with Gasteiger partial charge in [0.25, 0.3) is 0 Å². The van der Waals surface area contributed by atoms with E-state index in [1.54, 1.807) is 33.1 Å². The van der Waals surface area contributed by atoms with Gasteiger partial charge in [0.1, 0.15) is 6.23 Å². The molecule has 0 aliphatic heterocycles. The van der Waals surface area contributed by atoms with Crippen LogP contribution in [0, 0.1) is 5.41 Å². The van der Waals surface area contributed by atoms with Crippen LogP contribution >= 0.6 is 8.53 Å². The minimum absolute atomic E-state index is 0.116. The van der Waals surface area contributed by atoms with Crippen molar-refractivity contribution >= 4 is 8.53 Å². The molecule has 0 aliphatic rings. The van der Waals surface area contributed by atoms with Crippen molar-refractivity contribution < 1.29 is 24.5 Å². The number of hydroxylamine groups is 2. The third kappa shape index (κ3) is 5.40. The highest BCUT2D eigenvalue weighted by Crippen LogP contribution is 2.31. The lowest BCUT2D eigenvalue weighted by Crippen LogP contribution is -2.55. The average molecular weight is 285 g/mol. The van der Waals surface area contributed by atoms with Gasteiger partial charge in [0, 0.05) is 14.1 Å². The molecule has 0 aromatic heterocycles. The van der Waals surface area contributed by atoms with Gasteiger partial charge in [0.15, 0.2) is 0 Å². The van der Waals surface area contributed by atoms with Crippen LogP contribution < -0.4 is 5.50 Å². The molecule has 0 saturated heterocycles. The molecule has 0 amide bonds. The summed E-state index contributed by atoms with van der Waals surface area (Å²) in [6.07, 6.45) is -0.627. The van der Waals surface area contributed by atoms with E-state index in [0.717, 1.165) is 0 Å². The fourth-order valence-electron chi connectivity index (χ4n) is 1.52. The van der Waals surface area contributed by atoms with Crippen molar-refractivity contribution in [3.63, 3.8) is 0 Å². The Morgan fingerprint density at radius 2 is 1.72 bits per heavy atom.